The predicted octanol–water partition coefficient (Wildman–Crippen LogP) is 2.95. The molecule has 2 aromatic rings. The summed E-state index contributed by atoms with van der Waals surface area (Å²) < 4.78 is 23.7. The number of amides is 1. The van der Waals surface area contributed by atoms with Crippen LogP contribution in [0, 0.1) is 5.92 Å². The highest BCUT2D eigenvalue weighted by Gasteiger charge is 2.35. The lowest BCUT2D eigenvalue weighted by molar-refractivity contribution is -0.132. The summed E-state index contributed by atoms with van der Waals surface area (Å²) in [6.45, 7) is 4.93. The maximum atomic E-state index is 13.0. The first-order chi connectivity index (χ1) is 12.7. The Balaban J connectivity index is 1.75. The first-order valence-corrected chi connectivity index (χ1v) is 11.3. The van der Waals surface area contributed by atoms with Gasteiger partial charge in [0.2, 0.25) is 5.91 Å². The molecule has 2 aromatic carbocycles. The number of rotatable bonds is 6. The summed E-state index contributed by atoms with van der Waals surface area (Å²) in [5, 5.41) is 2.30. The molecule has 6 heteroatoms. The summed E-state index contributed by atoms with van der Waals surface area (Å²) in [7, 11) is -1.12. The van der Waals surface area contributed by atoms with E-state index in [0.717, 1.165) is 11.1 Å². The Morgan fingerprint density at radius 1 is 1.15 bits per heavy atom. The standard InChI is InChI=1S/C21H28N2O3S/c1-16(2)13-23(20-10-11-27(25,26)15-20)21(24)14-22(3)19-9-8-17-6-4-5-7-18(17)12-19/h4-9,12,16,20H,10-11,13-15H2,1-3H3/t20-/m1/s1. The molecule has 0 unspecified atom stereocenters. The lowest BCUT2D eigenvalue weighted by atomic mass is 10.1. The van der Waals surface area contributed by atoms with Gasteiger partial charge in [-0.25, -0.2) is 8.42 Å². The van der Waals surface area contributed by atoms with Gasteiger partial charge < -0.3 is 9.80 Å². The van der Waals surface area contributed by atoms with Gasteiger partial charge in [-0.1, -0.05) is 44.2 Å². The van der Waals surface area contributed by atoms with Crippen LogP contribution in [0.1, 0.15) is 20.3 Å². The normalized spacial score (nSPS) is 18.7. The number of benzene rings is 2. The van der Waals surface area contributed by atoms with E-state index in [-0.39, 0.29) is 30.0 Å². The number of fused-ring (bicyclic) bond motifs is 1. The second-order valence-electron chi connectivity index (χ2n) is 7.88. The third kappa shape index (κ3) is 4.80. The van der Waals surface area contributed by atoms with E-state index in [2.05, 4.69) is 38.1 Å². The van der Waals surface area contributed by atoms with Crippen LogP contribution in [0.25, 0.3) is 10.8 Å². The smallest absolute Gasteiger partial charge is 0.242 e. The monoisotopic (exact) mass is 388 g/mol. The Kier molecular flexibility index (Phi) is 5.75. The number of carbonyl (C=O) groups excluding carboxylic acids is 1. The zero-order valence-electron chi connectivity index (χ0n) is 16.3. The zero-order chi connectivity index (χ0) is 19.6. The van der Waals surface area contributed by atoms with Gasteiger partial charge in [-0.05, 0) is 35.2 Å². The quantitative estimate of drug-likeness (QED) is 0.763. The summed E-state index contributed by atoms with van der Waals surface area (Å²) in [5.41, 5.74) is 0.977. The molecule has 1 aliphatic heterocycles. The van der Waals surface area contributed by atoms with E-state index < -0.39 is 9.84 Å². The van der Waals surface area contributed by atoms with Crippen molar-refractivity contribution in [1.82, 2.24) is 4.90 Å². The molecule has 0 aromatic heterocycles. The molecule has 1 atom stereocenters. The molecule has 1 aliphatic rings. The Morgan fingerprint density at radius 2 is 1.85 bits per heavy atom. The van der Waals surface area contributed by atoms with Crippen LogP contribution >= 0.6 is 0 Å². The summed E-state index contributed by atoms with van der Waals surface area (Å²) in [6, 6.07) is 14.1. The summed E-state index contributed by atoms with van der Waals surface area (Å²) in [6.07, 6.45) is 0.542. The van der Waals surface area contributed by atoms with Crippen LogP contribution in [0.5, 0.6) is 0 Å². The number of carbonyl (C=O) groups is 1. The van der Waals surface area contributed by atoms with Crippen molar-refractivity contribution in [2.75, 3.05) is 36.5 Å². The van der Waals surface area contributed by atoms with Crippen LogP contribution in [0.4, 0.5) is 5.69 Å². The maximum absolute atomic E-state index is 13.0. The Bertz CT molecular complexity index is 924. The van der Waals surface area contributed by atoms with Gasteiger partial charge in [-0.3, -0.25) is 4.79 Å². The van der Waals surface area contributed by atoms with Crippen LogP contribution in [-0.4, -0.2) is 56.9 Å². The van der Waals surface area contributed by atoms with Gasteiger partial charge in [0.05, 0.1) is 18.1 Å². The molecule has 0 N–H and O–H groups in total. The van der Waals surface area contributed by atoms with Crippen molar-refractivity contribution in [3.8, 4) is 0 Å². The van der Waals surface area contributed by atoms with Crippen molar-refractivity contribution in [2.45, 2.75) is 26.3 Å². The zero-order valence-corrected chi connectivity index (χ0v) is 17.1. The molecule has 0 radical (unpaired) electrons. The molecule has 1 fully saturated rings. The molecular formula is C21H28N2O3S. The average Bonchev–Trinajstić information content (AvgIpc) is 2.98. The first-order valence-electron chi connectivity index (χ1n) is 9.45. The summed E-state index contributed by atoms with van der Waals surface area (Å²) >= 11 is 0. The first kappa shape index (κ1) is 19.7. The van der Waals surface area contributed by atoms with E-state index in [1.807, 2.05) is 30.1 Å². The third-order valence-corrected chi connectivity index (χ3v) is 6.83. The highest BCUT2D eigenvalue weighted by atomic mass is 32.2. The Hall–Kier alpha value is -2.08. The van der Waals surface area contributed by atoms with Crippen molar-refractivity contribution >= 4 is 32.2 Å². The molecule has 1 amide bonds. The lowest BCUT2D eigenvalue weighted by Gasteiger charge is -2.32. The van der Waals surface area contributed by atoms with Crippen LogP contribution in [0.3, 0.4) is 0 Å². The van der Waals surface area contributed by atoms with Gasteiger partial charge in [-0.15, -0.1) is 0 Å². The SMILES string of the molecule is CC(C)CN(C(=O)CN(C)c1ccc2ccccc2c1)[C@@H]1CCS(=O)(=O)C1. The minimum absolute atomic E-state index is 0.0125. The summed E-state index contributed by atoms with van der Waals surface area (Å²) in [4.78, 5) is 16.7. The molecular weight excluding hydrogens is 360 g/mol. The van der Waals surface area contributed by atoms with Crippen molar-refractivity contribution in [3.05, 3.63) is 42.5 Å². The van der Waals surface area contributed by atoms with E-state index in [1.165, 1.54) is 5.39 Å². The van der Waals surface area contributed by atoms with Gasteiger partial charge in [-0.2, -0.15) is 0 Å². The van der Waals surface area contributed by atoms with Crippen LogP contribution in [0.2, 0.25) is 0 Å². The Morgan fingerprint density at radius 3 is 2.48 bits per heavy atom. The molecule has 5 nitrogen and oxygen atoms in total. The topological polar surface area (TPSA) is 57.7 Å². The van der Waals surface area contributed by atoms with Gasteiger partial charge in [0, 0.05) is 25.3 Å². The van der Waals surface area contributed by atoms with Crippen molar-refractivity contribution < 1.29 is 13.2 Å². The maximum Gasteiger partial charge on any atom is 0.242 e. The molecule has 0 aliphatic carbocycles. The average molecular weight is 389 g/mol. The molecule has 146 valence electrons. The van der Waals surface area contributed by atoms with Gasteiger partial charge in [0.15, 0.2) is 9.84 Å². The highest BCUT2D eigenvalue weighted by Crippen LogP contribution is 2.23. The minimum Gasteiger partial charge on any atom is -0.365 e. The molecule has 0 saturated carbocycles. The van der Waals surface area contributed by atoms with E-state index in [9.17, 15) is 13.2 Å². The second kappa shape index (κ2) is 7.89. The number of hydrogen-bond donors (Lipinski definition) is 0. The second-order valence-corrected chi connectivity index (χ2v) is 10.1. The predicted molar refractivity (Wildman–Crippen MR) is 111 cm³/mol. The fourth-order valence-electron chi connectivity index (χ4n) is 3.67. The fourth-order valence-corrected chi connectivity index (χ4v) is 5.40. The van der Waals surface area contributed by atoms with E-state index >= 15 is 0 Å². The molecule has 1 heterocycles. The Labute approximate surface area is 161 Å². The van der Waals surface area contributed by atoms with E-state index in [4.69, 9.17) is 0 Å². The van der Waals surface area contributed by atoms with E-state index in [1.54, 1.807) is 4.90 Å². The molecule has 27 heavy (non-hydrogen) atoms. The van der Waals surface area contributed by atoms with Crippen molar-refractivity contribution in [3.63, 3.8) is 0 Å². The number of anilines is 1. The summed E-state index contributed by atoms with van der Waals surface area (Å²) in [5.74, 6) is 0.551. The molecule has 0 spiro atoms. The lowest BCUT2D eigenvalue weighted by Crippen LogP contribution is -2.47. The largest absolute Gasteiger partial charge is 0.365 e. The van der Waals surface area contributed by atoms with Crippen LogP contribution < -0.4 is 4.90 Å². The van der Waals surface area contributed by atoms with Gasteiger partial charge >= 0.3 is 0 Å². The third-order valence-electron chi connectivity index (χ3n) is 5.08. The van der Waals surface area contributed by atoms with Crippen molar-refractivity contribution in [1.29, 1.82) is 0 Å². The van der Waals surface area contributed by atoms with Gasteiger partial charge in [0.1, 0.15) is 0 Å². The van der Waals surface area contributed by atoms with Gasteiger partial charge in [0.25, 0.3) is 0 Å². The number of likely N-dealkylation sites (N-methyl/N-ethyl adjacent to an activating group) is 1. The number of nitrogens with zero attached hydrogens (tertiary/aromatic N) is 2. The number of sulfone groups is 1. The number of hydrogen-bond acceptors (Lipinski definition) is 4. The minimum atomic E-state index is -3.02. The van der Waals surface area contributed by atoms with Crippen molar-refractivity contribution in [2.24, 2.45) is 5.92 Å². The highest BCUT2D eigenvalue weighted by molar-refractivity contribution is 7.91. The molecule has 0 bridgehead atoms. The fraction of sp³-hybridized carbons (Fsp3) is 0.476. The molecule has 3 rings (SSSR count). The van der Waals surface area contributed by atoms with Crippen LogP contribution in [-0.2, 0) is 14.6 Å². The van der Waals surface area contributed by atoms with E-state index in [0.29, 0.717) is 18.9 Å². The van der Waals surface area contributed by atoms with Crippen LogP contribution in [0.15, 0.2) is 42.5 Å². The molecule has 1 saturated heterocycles.